The molecule has 1 heterocycles. The summed E-state index contributed by atoms with van der Waals surface area (Å²) >= 11 is 5.07. The van der Waals surface area contributed by atoms with Gasteiger partial charge in [0.2, 0.25) is 5.91 Å². The van der Waals surface area contributed by atoms with Crippen molar-refractivity contribution in [2.75, 3.05) is 32.7 Å². The van der Waals surface area contributed by atoms with E-state index in [0.29, 0.717) is 4.99 Å². The summed E-state index contributed by atoms with van der Waals surface area (Å²) in [5.41, 5.74) is 5.67. The molecule has 1 saturated heterocycles. The van der Waals surface area contributed by atoms with Gasteiger partial charge in [0.05, 0.1) is 4.99 Å². The Labute approximate surface area is 115 Å². The van der Waals surface area contributed by atoms with Crippen molar-refractivity contribution in [1.82, 2.24) is 9.80 Å². The minimum absolute atomic E-state index is 0.0451. The fraction of sp³-hybridized carbons (Fsp3) is 0.846. The molecule has 1 amide bonds. The summed E-state index contributed by atoms with van der Waals surface area (Å²) in [5, 5.41) is 0. The largest absolute Gasteiger partial charge is 0.393 e. The highest BCUT2D eigenvalue weighted by atomic mass is 32.1. The number of amides is 1. The molecule has 0 saturated carbocycles. The molecule has 104 valence electrons. The molecule has 0 aromatic rings. The number of nitrogens with two attached hydrogens (primary N) is 1. The van der Waals surface area contributed by atoms with Crippen LogP contribution in [0, 0.1) is 5.41 Å². The number of carbonyl (C=O) groups excluding carboxylic acids is 1. The highest BCUT2D eigenvalue weighted by Gasteiger charge is 2.22. The summed E-state index contributed by atoms with van der Waals surface area (Å²) in [6.45, 7) is 10.6. The summed E-state index contributed by atoms with van der Waals surface area (Å²) in [7, 11) is 0. The van der Waals surface area contributed by atoms with E-state index in [4.69, 9.17) is 18.0 Å². The maximum absolute atomic E-state index is 11.2. The first-order valence-electron chi connectivity index (χ1n) is 6.61. The lowest BCUT2D eigenvalue weighted by molar-refractivity contribution is -0.130. The van der Waals surface area contributed by atoms with Crippen LogP contribution in [-0.4, -0.2) is 53.4 Å². The Morgan fingerprint density at radius 1 is 1.28 bits per heavy atom. The van der Waals surface area contributed by atoms with Crippen molar-refractivity contribution in [3.05, 3.63) is 0 Å². The van der Waals surface area contributed by atoms with Crippen LogP contribution < -0.4 is 5.73 Å². The van der Waals surface area contributed by atoms with E-state index in [1.165, 1.54) is 0 Å². The van der Waals surface area contributed by atoms with E-state index in [0.717, 1.165) is 45.6 Å². The molecule has 1 aliphatic heterocycles. The fourth-order valence-electron chi connectivity index (χ4n) is 2.15. The highest BCUT2D eigenvalue weighted by Crippen LogP contribution is 2.22. The van der Waals surface area contributed by atoms with Crippen molar-refractivity contribution in [3.8, 4) is 0 Å². The number of piperazine rings is 1. The van der Waals surface area contributed by atoms with Gasteiger partial charge in [0, 0.05) is 38.5 Å². The van der Waals surface area contributed by atoms with Crippen LogP contribution in [0.25, 0.3) is 0 Å². The summed E-state index contributed by atoms with van der Waals surface area (Å²) in [6, 6.07) is 0. The van der Waals surface area contributed by atoms with Gasteiger partial charge in [-0.1, -0.05) is 26.1 Å². The van der Waals surface area contributed by atoms with Crippen LogP contribution >= 0.6 is 12.2 Å². The van der Waals surface area contributed by atoms with Gasteiger partial charge in [-0.15, -0.1) is 0 Å². The lowest BCUT2D eigenvalue weighted by atomic mass is 9.88. The van der Waals surface area contributed by atoms with Crippen LogP contribution in [0.5, 0.6) is 0 Å². The van der Waals surface area contributed by atoms with Crippen molar-refractivity contribution in [3.63, 3.8) is 0 Å². The Morgan fingerprint density at radius 2 is 1.83 bits per heavy atom. The predicted molar refractivity (Wildman–Crippen MR) is 78.5 cm³/mol. The van der Waals surface area contributed by atoms with Crippen LogP contribution in [0.1, 0.15) is 33.6 Å². The van der Waals surface area contributed by atoms with Crippen LogP contribution in [-0.2, 0) is 4.79 Å². The topological polar surface area (TPSA) is 49.6 Å². The molecule has 1 fully saturated rings. The molecule has 0 aromatic carbocycles. The van der Waals surface area contributed by atoms with E-state index in [1.54, 1.807) is 6.92 Å². The fourth-order valence-corrected chi connectivity index (χ4v) is 2.26. The SMILES string of the molecule is CC(=O)N1CCN(CCCC(C)(C)C(N)=S)CC1. The molecule has 1 aliphatic rings. The molecule has 4 nitrogen and oxygen atoms in total. The number of hydrogen-bond acceptors (Lipinski definition) is 3. The molecule has 2 N–H and O–H groups in total. The maximum Gasteiger partial charge on any atom is 0.219 e. The Balaban J connectivity index is 2.22. The van der Waals surface area contributed by atoms with Crippen molar-refractivity contribution in [2.45, 2.75) is 33.6 Å². The van der Waals surface area contributed by atoms with Gasteiger partial charge in [0.25, 0.3) is 0 Å². The lowest BCUT2D eigenvalue weighted by Gasteiger charge is -2.34. The maximum atomic E-state index is 11.2. The zero-order valence-corrected chi connectivity index (χ0v) is 12.6. The summed E-state index contributed by atoms with van der Waals surface area (Å²) in [5.74, 6) is 0.185. The van der Waals surface area contributed by atoms with E-state index < -0.39 is 0 Å². The van der Waals surface area contributed by atoms with E-state index >= 15 is 0 Å². The van der Waals surface area contributed by atoms with E-state index in [2.05, 4.69) is 18.7 Å². The summed E-state index contributed by atoms with van der Waals surface area (Å²) in [4.78, 5) is 16.1. The Hall–Kier alpha value is -0.680. The predicted octanol–water partition coefficient (Wildman–Crippen LogP) is 1.24. The normalized spacial score (nSPS) is 17.8. The first kappa shape index (κ1) is 15.4. The first-order valence-corrected chi connectivity index (χ1v) is 7.01. The van der Waals surface area contributed by atoms with Gasteiger partial charge in [0.15, 0.2) is 0 Å². The molecule has 18 heavy (non-hydrogen) atoms. The van der Waals surface area contributed by atoms with E-state index in [1.807, 2.05) is 4.90 Å². The van der Waals surface area contributed by atoms with Gasteiger partial charge < -0.3 is 10.6 Å². The molecule has 5 heteroatoms. The van der Waals surface area contributed by atoms with Gasteiger partial charge in [0.1, 0.15) is 0 Å². The third-order valence-corrected chi connectivity index (χ3v) is 4.31. The van der Waals surface area contributed by atoms with Crippen LogP contribution in [0.15, 0.2) is 0 Å². The Bertz CT molecular complexity index is 309. The Kier molecular flexibility index (Phi) is 5.53. The van der Waals surface area contributed by atoms with Crippen molar-refractivity contribution < 1.29 is 4.79 Å². The molecule has 0 aliphatic carbocycles. The van der Waals surface area contributed by atoms with Crippen LogP contribution in [0.3, 0.4) is 0 Å². The number of hydrogen-bond donors (Lipinski definition) is 1. The highest BCUT2D eigenvalue weighted by molar-refractivity contribution is 7.80. The number of thiocarbonyl (C=S) groups is 1. The third-order valence-electron chi connectivity index (χ3n) is 3.76. The average Bonchev–Trinajstić information content (AvgIpc) is 2.29. The monoisotopic (exact) mass is 271 g/mol. The molecular weight excluding hydrogens is 246 g/mol. The first-order chi connectivity index (χ1) is 8.33. The molecule has 1 rings (SSSR count). The molecule has 0 unspecified atom stereocenters. The molecular formula is C13H25N3OS. The standard InChI is InChI=1S/C13H25N3OS/c1-11(17)16-9-7-15(8-10-16)6-4-5-13(2,3)12(14)18/h4-10H2,1-3H3,(H2,14,18). The minimum Gasteiger partial charge on any atom is -0.393 e. The van der Waals surface area contributed by atoms with Crippen LogP contribution in [0.4, 0.5) is 0 Å². The quantitative estimate of drug-likeness (QED) is 0.765. The van der Waals surface area contributed by atoms with Gasteiger partial charge in [-0.05, 0) is 19.4 Å². The molecule has 0 aromatic heterocycles. The zero-order valence-electron chi connectivity index (χ0n) is 11.7. The van der Waals surface area contributed by atoms with E-state index in [-0.39, 0.29) is 11.3 Å². The van der Waals surface area contributed by atoms with Crippen molar-refractivity contribution in [1.29, 1.82) is 0 Å². The second-order valence-corrected chi connectivity index (χ2v) is 6.14. The summed E-state index contributed by atoms with van der Waals surface area (Å²) < 4.78 is 0. The Morgan fingerprint density at radius 3 is 2.28 bits per heavy atom. The van der Waals surface area contributed by atoms with Gasteiger partial charge >= 0.3 is 0 Å². The van der Waals surface area contributed by atoms with Crippen molar-refractivity contribution >= 4 is 23.1 Å². The van der Waals surface area contributed by atoms with Gasteiger partial charge in [-0.25, -0.2) is 0 Å². The second-order valence-electron chi connectivity index (χ2n) is 5.70. The average molecular weight is 271 g/mol. The van der Waals surface area contributed by atoms with Gasteiger partial charge in [-0.2, -0.15) is 0 Å². The zero-order chi connectivity index (χ0) is 13.8. The number of rotatable bonds is 5. The summed E-state index contributed by atoms with van der Waals surface area (Å²) in [6.07, 6.45) is 2.12. The third kappa shape index (κ3) is 4.53. The molecule has 0 atom stereocenters. The number of nitrogens with zero attached hydrogens (tertiary/aromatic N) is 2. The van der Waals surface area contributed by atoms with Crippen LogP contribution in [0.2, 0.25) is 0 Å². The molecule has 0 spiro atoms. The minimum atomic E-state index is -0.0451. The second kappa shape index (κ2) is 6.48. The van der Waals surface area contributed by atoms with Crippen molar-refractivity contribution in [2.24, 2.45) is 11.1 Å². The smallest absolute Gasteiger partial charge is 0.219 e. The lowest BCUT2D eigenvalue weighted by Crippen LogP contribution is -2.48. The molecule has 0 radical (unpaired) electrons. The van der Waals surface area contributed by atoms with Gasteiger partial charge in [-0.3, -0.25) is 9.69 Å². The number of carbonyl (C=O) groups is 1. The van der Waals surface area contributed by atoms with E-state index in [9.17, 15) is 4.79 Å². The molecule has 0 bridgehead atoms.